The molecule has 0 aromatic carbocycles. The number of rotatable bonds is 3. The molecule has 1 aromatic rings. The molecule has 2 aliphatic rings. The maximum Gasteiger partial charge on any atom is 0.320 e. The van der Waals surface area contributed by atoms with Crippen molar-refractivity contribution in [1.29, 1.82) is 0 Å². The normalized spacial score (nSPS) is 27.8. The first kappa shape index (κ1) is 12.3. The molecule has 5 nitrogen and oxygen atoms in total. The highest BCUT2D eigenvalue weighted by Crippen LogP contribution is 2.42. The van der Waals surface area contributed by atoms with Crippen LogP contribution in [-0.4, -0.2) is 22.4 Å². The van der Waals surface area contributed by atoms with Crippen LogP contribution < -0.4 is 10.6 Å². The molecule has 1 heterocycles. The standard InChI is InChI=1S/C14H20N4O/c1-9-5-13(18(2)17-9)16-14(19)15-8-12-7-10-3-4-11(12)6-10/h3-5,10-12H,6-8H2,1-2H3,(H2,15,16,19)/t10-,11+,12+/m1/s1. The number of allylic oxidation sites excluding steroid dienone is 2. The molecule has 0 unspecified atom stereocenters. The van der Waals surface area contributed by atoms with Gasteiger partial charge in [-0.2, -0.15) is 5.10 Å². The summed E-state index contributed by atoms with van der Waals surface area (Å²) in [5.41, 5.74) is 0.899. The number of anilines is 1. The van der Waals surface area contributed by atoms with Crippen LogP contribution in [0.3, 0.4) is 0 Å². The smallest absolute Gasteiger partial charge is 0.320 e. The van der Waals surface area contributed by atoms with E-state index in [-0.39, 0.29) is 6.03 Å². The SMILES string of the molecule is Cc1cc(NC(=O)NC[C@@H]2C[C@@H]3C=C[C@H]2C3)n(C)n1. The van der Waals surface area contributed by atoms with Crippen LogP contribution in [0.5, 0.6) is 0 Å². The average molecular weight is 260 g/mol. The van der Waals surface area contributed by atoms with Gasteiger partial charge in [-0.25, -0.2) is 4.79 Å². The molecule has 19 heavy (non-hydrogen) atoms. The molecule has 102 valence electrons. The fourth-order valence-electron chi connectivity index (χ4n) is 3.24. The van der Waals surface area contributed by atoms with Gasteiger partial charge < -0.3 is 5.32 Å². The van der Waals surface area contributed by atoms with Gasteiger partial charge in [-0.3, -0.25) is 10.00 Å². The van der Waals surface area contributed by atoms with E-state index in [0.717, 1.165) is 24.0 Å². The van der Waals surface area contributed by atoms with Crippen molar-refractivity contribution in [3.05, 3.63) is 23.9 Å². The molecule has 0 saturated heterocycles. The van der Waals surface area contributed by atoms with Crippen LogP contribution >= 0.6 is 0 Å². The Morgan fingerprint density at radius 3 is 2.89 bits per heavy atom. The molecule has 5 heteroatoms. The minimum Gasteiger partial charge on any atom is -0.338 e. The average Bonchev–Trinajstić information content (AvgIpc) is 3.03. The molecule has 0 radical (unpaired) electrons. The van der Waals surface area contributed by atoms with Gasteiger partial charge >= 0.3 is 6.03 Å². The van der Waals surface area contributed by atoms with Crippen molar-refractivity contribution in [2.45, 2.75) is 19.8 Å². The van der Waals surface area contributed by atoms with E-state index in [2.05, 4.69) is 27.9 Å². The van der Waals surface area contributed by atoms with Gasteiger partial charge in [0.05, 0.1) is 5.69 Å². The molecule has 0 spiro atoms. The molecule has 2 N–H and O–H groups in total. The number of nitrogens with zero attached hydrogens (tertiary/aromatic N) is 2. The third-order valence-corrected chi connectivity index (χ3v) is 4.18. The van der Waals surface area contributed by atoms with Crippen LogP contribution in [0.25, 0.3) is 0 Å². The van der Waals surface area contributed by atoms with Crippen LogP contribution in [0.4, 0.5) is 10.6 Å². The maximum atomic E-state index is 11.9. The number of carbonyl (C=O) groups excluding carboxylic acids is 1. The van der Waals surface area contributed by atoms with Gasteiger partial charge in [0.2, 0.25) is 0 Å². The van der Waals surface area contributed by atoms with Crippen LogP contribution in [-0.2, 0) is 7.05 Å². The zero-order valence-electron chi connectivity index (χ0n) is 11.4. The van der Waals surface area contributed by atoms with Crippen LogP contribution in [0, 0.1) is 24.7 Å². The second kappa shape index (κ2) is 4.72. The first-order valence-electron chi connectivity index (χ1n) is 6.85. The zero-order chi connectivity index (χ0) is 13.4. The van der Waals surface area contributed by atoms with Crippen molar-refractivity contribution in [3.63, 3.8) is 0 Å². The number of amides is 2. The van der Waals surface area contributed by atoms with E-state index < -0.39 is 0 Å². The molecule has 3 rings (SSSR count). The molecule has 0 aliphatic heterocycles. The zero-order valence-corrected chi connectivity index (χ0v) is 11.4. The maximum absolute atomic E-state index is 11.9. The van der Waals surface area contributed by atoms with E-state index in [1.807, 2.05) is 20.0 Å². The number of hydrogen-bond acceptors (Lipinski definition) is 2. The van der Waals surface area contributed by atoms with Crippen molar-refractivity contribution in [1.82, 2.24) is 15.1 Å². The molecule has 1 fully saturated rings. The van der Waals surface area contributed by atoms with Gasteiger partial charge in [0.1, 0.15) is 5.82 Å². The number of hydrogen-bond donors (Lipinski definition) is 2. The summed E-state index contributed by atoms with van der Waals surface area (Å²) in [7, 11) is 1.82. The van der Waals surface area contributed by atoms with E-state index in [1.54, 1.807) is 4.68 Å². The lowest BCUT2D eigenvalue weighted by atomic mass is 9.94. The summed E-state index contributed by atoms with van der Waals surface area (Å²) in [6.45, 7) is 2.67. The first-order chi connectivity index (χ1) is 9.11. The van der Waals surface area contributed by atoms with Crippen LogP contribution in [0.2, 0.25) is 0 Å². The largest absolute Gasteiger partial charge is 0.338 e. The number of fused-ring (bicyclic) bond motifs is 2. The Hall–Kier alpha value is -1.78. The summed E-state index contributed by atoms with van der Waals surface area (Å²) >= 11 is 0. The quantitative estimate of drug-likeness (QED) is 0.817. The number of aromatic nitrogens is 2. The summed E-state index contributed by atoms with van der Waals surface area (Å²) in [4.78, 5) is 11.9. The number of aryl methyl sites for hydroxylation is 2. The van der Waals surface area contributed by atoms with Gasteiger partial charge in [-0.15, -0.1) is 0 Å². The number of urea groups is 1. The highest BCUT2D eigenvalue weighted by atomic mass is 16.2. The predicted molar refractivity (Wildman–Crippen MR) is 73.8 cm³/mol. The van der Waals surface area contributed by atoms with Gasteiger partial charge in [-0.1, -0.05) is 12.2 Å². The van der Waals surface area contributed by atoms with Crippen LogP contribution in [0.15, 0.2) is 18.2 Å². The molecule has 2 bridgehead atoms. The molecule has 2 amide bonds. The van der Waals surface area contributed by atoms with E-state index in [0.29, 0.717) is 11.8 Å². The molecule has 1 saturated carbocycles. The second-order valence-electron chi connectivity index (χ2n) is 5.67. The fourth-order valence-corrected chi connectivity index (χ4v) is 3.24. The van der Waals surface area contributed by atoms with Gasteiger partial charge in [0.25, 0.3) is 0 Å². The van der Waals surface area contributed by atoms with Crippen molar-refractivity contribution in [2.24, 2.45) is 24.8 Å². The molecular weight excluding hydrogens is 240 g/mol. The lowest BCUT2D eigenvalue weighted by Crippen LogP contribution is -2.34. The Kier molecular flexibility index (Phi) is 3.05. The van der Waals surface area contributed by atoms with Gasteiger partial charge in [0.15, 0.2) is 0 Å². The number of nitrogens with one attached hydrogen (secondary N) is 2. The van der Waals surface area contributed by atoms with E-state index >= 15 is 0 Å². The van der Waals surface area contributed by atoms with E-state index in [1.165, 1.54) is 12.8 Å². The van der Waals surface area contributed by atoms with Gasteiger partial charge in [0, 0.05) is 19.7 Å². The fraction of sp³-hybridized carbons (Fsp3) is 0.571. The number of carbonyl (C=O) groups is 1. The Morgan fingerprint density at radius 1 is 1.47 bits per heavy atom. The summed E-state index contributed by atoms with van der Waals surface area (Å²) in [5.74, 6) is 2.75. The third kappa shape index (κ3) is 2.50. The van der Waals surface area contributed by atoms with Crippen molar-refractivity contribution < 1.29 is 4.79 Å². The first-order valence-corrected chi connectivity index (χ1v) is 6.85. The van der Waals surface area contributed by atoms with Crippen LogP contribution in [0.1, 0.15) is 18.5 Å². The van der Waals surface area contributed by atoms with E-state index in [9.17, 15) is 4.79 Å². The lowest BCUT2D eigenvalue weighted by molar-refractivity contribution is 0.249. The summed E-state index contributed by atoms with van der Waals surface area (Å²) in [6, 6.07) is 1.72. The highest BCUT2D eigenvalue weighted by Gasteiger charge is 2.35. The van der Waals surface area contributed by atoms with Crippen molar-refractivity contribution in [2.75, 3.05) is 11.9 Å². The Balaban J connectivity index is 1.49. The minimum atomic E-state index is -0.144. The monoisotopic (exact) mass is 260 g/mol. The molecule has 1 aromatic heterocycles. The molecule has 2 aliphatic carbocycles. The highest BCUT2D eigenvalue weighted by molar-refractivity contribution is 5.88. The van der Waals surface area contributed by atoms with Gasteiger partial charge in [-0.05, 0) is 37.5 Å². The third-order valence-electron chi connectivity index (χ3n) is 4.18. The topological polar surface area (TPSA) is 59.0 Å². The van der Waals surface area contributed by atoms with Crippen molar-refractivity contribution >= 4 is 11.8 Å². The Bertz CT molecular complexity index is 520. The predicted octanol–water partition coefficient (Wildman–Crippen LogP) is 2.06. The summed E-state index contributed by atoms with van der Waals surface area (Å²) < 4.78 is 1.68. The molecular formula is C14H20N4O. The van der Waals surface area contributed by atoms with E-state index in [4.69, 9.17) is 0 Å². The second-order valence-corrected chi connectivity index (χ2v) is 5.67. The Morgan fingerprint density at radius 2 is 2.32 bits per heavy atom. The lowest BCUT2D eigenvalue weighted by Gasteiger charge is -2.18. The minimum absolute atomic E-state index is 0.144. The summed E-state index contributed by atoms with van der Waals surface area (Å²) in [5, 5.41) is 10.00. The summed E-state index contributed by atoms with van der Waals surface area (Å²) in [6.07, 6.45) is 7.11. The van der Waals surface area contributed by atoms with Crippen molar-refractivity contribution in [3.8, 4) is 0 Å². The Labute approximate surface area is 113 Å². The molecule has 3 atom stereocenters.